The fraction of sp³-hybridized carbons (Fsp3) is 0.538. The molecule has 1 unspecified atom stereocenters. The van der Waals surface area contributed by atoms with E-state index in [1.807, 2.05) is 12.1 Å². The molecule has 2 rings (SSSR count). The van der Waals surface area contributed by atoms with Gasteiger partial charge in [0.25, 0.3) is 0 Å². The first-order chi connectivity index (χ1) is 7.94. The number of hydrogen-bond acceptors (Lipinski definition) is 3. The molecule has 1 aromatic rings. The third-order valence-electron chi connectivity index (χ3n) is 2.69. The Kier molecular flexibility index (Phi) is 3.76. The first-order valence-electron chi connectivity index (χ1n) is 5.82. The lowest BCUT2D eigenvalue weighted by Gasteiger charge is -2.19. The van der Waals surface area contributed by atoms with Crippen LogP contribution in [0.15, 0.2) is 22.7 Å². The van der Waals surface area contributed by atoms with Crippen molar-refractivity contribution in [2.24, 2.45) is 0 Å². The van der Waals surface area contributed by atoms with Crippen molar-refractivity contribution in [1.82, 2.24) is 5.32 Å². The zero-order chi connectivity index (χ0) is 12.5. The van der Waals surface area contributed by atoms with E-state index in [1.54, 1.807) is 13.8 Å². The Morgan fingerprint density at radius 1 is 1.53 bits per heavy atom. The first kappa shape index (κ1) is 12.9. The standard InChI is InChI=1S/C13H18BrNO2/c1-13(2,16)8-15-7-11-6-9-5-10(14)3-4-12(9)17-11/h3-5,11,15-16H,6-8H2,1-2H3. The smallest absolute Gasteiger partial charge is 0.123 e. The lowest BCUT2D eigenvalue weighted by atomic mass is 10.1. The van der Waals surface area contributed by atoms with Gasteiger partial charge < -0.3 is 15.2 Å². The Morgan fingerprint density at radius 3 is 3.00 bits per heavy atom. The number of benzene rings is 1. The minimum atomic E-state index is -0.672. The number of rotatable bonds is 4. The van der Waals surface area contributed by atoms with Crippen molar-refractivity contribution in [2.75, 3.05) is 13.1 Å². The third kappa shape index (κ3) is 3.69. The Balaban J connectivity index is 1.84. The molecule has 94 valence electrons. The predicted molar refractivity (Wildman–Crippen MR) is 71.4 cm³/mol. The lowest BCUT2D eigenvalue weighted by Crippen LogP contribution is -2.39. The Hall–Kier alpha value is -0.580. The van der Waals surface area contributed by atoms with Crippen LogP contribution in [0.2, 0.25) is 0 Å². The van der Waals surface area contributed by atoms with Crippen LogP contribution in [-0.4, -0.2) is 29.9 Å². The van der Waals surface area contributed by atoms with Crippen molar-refractivity contribution in [3.05, 3.63) is 28.2 Å². The second kappa shape index (κ2) is 4.96. The predicted octanol–water partition coefficient (Wildman–Crippen LogP) is 2.11. The van der Waals surface area contributed by atoms with Gasteiger partial charge in [-0.15, -0.1) is 0 Å². The van der Waals surface area contributed by atoms with Crippen LogP contribution in [-0.2, 0) is 6.42 Å². The number of fused-ring (bicyclic) bond motifs is 1. The topological polar surface area (TPSA) is 41.5 Å². The maximum Gasteiger partial charge on any atom is 0.123 e. The maximum absolute atomic E-state index is 9.59. The number of ether oxygens (including phenoxy) is 1. The Bertz CT molecular complexity index is 401. The van der Waals surface area contributed by atoms with Gasteiger partial charge in [0.1, 0.15) is 11.9 Å². The highest BCUT2D eigenvalue weighted by atomic mass is 79.9. The van der Waals surface area contributed by atoms with Crippen molar-refractivity contribution in [3.63, 3.8) is 0 Å². The molecule has 1 aliphatic heterocycles. The van der Waals surface area contributed by atoms with E-state index < -0.39 is 5.60 Å². The van der Waals surface area contributed by atoms with Gasteiger partial charge in [-0.05, 0) is 37.6 Å². The van der Waals surface area contributed by atoms with Gasteiger partial charge in [-0.1, -0.05) is 15.9 Å². The molecule has 0 spiro atoms. The largest absolute Gasteiger partial charge is 0.488 e. The summed E-state index contributed by atoms with van der Waals surface area (Å²) in [6, 6.07) is 6.09. The highest BCUT2D eigenvalue weighted by molar-refractivity contribution is 9.10. The highest BCUT2D eigenvalue weighted by Gasteiger charge is 2.23. The molecule has 0 saturated carbocycles. The van der Waals surface area contributed by atoms with Gasteiger partial charge >= 0.3 is 0 Å². The molecule has 0 fully saturated rings. The SMILES string of the molecule is CC(C)(O)CNCC1Cc2cc(Br)ccc2O1. The summed E-state index contributed by atoms with van der Waals surface area (Å²) in [5.74, 6) is 0.975. The monoisotopic (exact) mass is 299 g/mol. The number of halogens is 1. The summed E-state index contributed by atoms with van der Waals surface area (Å²) >= 11 is 3.46. The highest BCUT2D eigenvalue weighted by Crippen LogP contribution is 2.30. The van der Waals surface area contributed by atoms with Crippen molar-refractivity contribution < 1.29 is 9.84 Å². The van der Waals surface area contributed by atoms with Crippen LogP contribution >= 0.6 is 15.9 Å². The van der Waals surface area contributed by atoms with Crippen molar-refractivity contribution >= 4 is 15.9 Å². The van der Waals surface area contributed by atoms with Gasteiger partial charge in [-0.3, -0.25) is 0 Å². The second-order valence-corrected chi connectivity index (χ2v) is 6.06. The molecular weight excluding hydrogens is 282 g/mol. The fourth-order valence-corrected chi connectivity index (χ4v) is 2.35. The molecule has 2 N–H and O–H groups in total. The summed E-state index contributed by atoms with van der Waals surface area (Å²) in [6.45, 7) is 4.92. The summed E-state index contributed by atoms with van der Waals surface area (Å²) in [5.41, 5.74) is 0.573. The zero-order valence-corrected chi connectivity index (χ0v) is 11.8. The fourth-order valence-electron chi connectivity index (χ4n) is 1.94. The molecule has 0 radical (unpaired) electrons. The molecule has 3 nitrogen and oxygen atoms in total. The van der Waals surface area contributed by atoms with Crippen LogP contribution in [0.1, 0.15) is 19.4 Å². The van der Waals surface area contributed by atoms with Gasteiger partial charge in [0.2, 0.25) is 0 Å². The number of hydrogen-bond donors (Lipinski definition) is 2. The van der Waals surface area contributed by atoms with E-state index in [-0.39, 0.29) is 6.10 Å². The minimum Gasteiger partial charge on any atom is -0.488 e. The second-order valence-electron chi connectivity index (χ2n) is 5.14. The van der Waals surface area contributed by atoms with Gasteiger partial charge in [0, 0.05) is 24.0 Å². The van der Waals surface area contributed by atoms with Crippen LogP contribution in [0.25, 0.3) is 0 Å². The normalized spacial score (nSPS) is 18.9. The Labute approximate surface area is 110 Å². The molecule has 1 atom stereocenters. The molecular formula is C13H18BrNO2. The number of aliphatic hydroxyl groups is 1. The molecule has 0 aromatic heterocycles. The molecule has 0 aliphatic carbocycles. The van der Waals surface area contributed by atoms with Crippen LogP contribution in [0.3, 0.4) is 0 Å². The summed E-state index contributed by atoms with van der Waals surface area (Å²) in [5, 5.41) is 12.8. The van der Waals surface area contributed by atoms with Gasteiger partial charge in [-0.2, -0.15) is 0 Å². The molecule has 1 heterocycles. The lowest BCUT2D eigenvalue weighted by molar-refractivity contribution is 0.0766. The van der Waals surface area contributed by atoms with Crippen molar-refractivity contribution in [3.8, 4) is 5.75 Å². The van der Waals surface area contributed by atoms with E-state index in [0.717, 1.165) is 23.2 Å². The van der Waals surface area contributed by atoms with E-state index in [4.69, 9.17) is 4.74 Å². The molecule has 1 aromatic carbocycles. The van der Waals surface area contributed by atoms with Crippen molar-refractivity contribution in [2.45, 2.75) is 32.0 Å². The third-order valence-corrected chi connectivity index (χ3v) is 3.19. The van der Waals surface area contributed by atoms with E-state index in [2.05, 4.69) is 27.3 Å². The molecule has 0 amide bonds. The van der Waals surface area contributed by atoms with Crippen LogP contribution in [0, 0.1) is 0 Å². The summed E-state index contributed by atoms with van der Waals surface area (Å²) < 4.78 is 6.90. The van der Waals surface area contributed by atoms with Gasteiger partial charge in [0.15, 0.2) is 0 Å². The molecule has 0 bridgehead atoms. The molecule has 0 saturated heterocycles. The quantitative estimate of drug-likeness (QED) is 0.895. The molecule has 4 heteroatoms. The van der Waals surface area contributed by atoms with Gasteiger partial charge in [0.05, 0.1) is 5.60 Å². The summed E-state index contributed by atoms with van der Waals surface area (Å²) in [7, 11) is 0. The van der Waals surface area contributed by atoms with Crippen LogP contribution in [0.4, 0.5) is 0 Å². The van der Waals surface area contributed by atoms with E-state index in [1.165, 1.54) is 5.56 Å². The van der Waals surface area contributed by atoms with E-state index in [0.29, 0.717) is 6.54 Å². The minimum absolute atomic E-state index is 0.168. The maximum atomic E-state index is 9.59. The van der Waals surface area contributed by atoms with Crippen molar-refractivity contribution in [1.29, 1.82) is 0 Å². The molecule has 17 heavy (non-hydrogen) atoms. The zero-order valence-electron chi connectivity index (χ0n) is 10.2. The summed E-state index contributed by atoms with van der Waals surface area (Å²) in [4.78, 5) is 0. The van der Waals surface area contributed by atoms with Gasteiger partial charge in [-0.25, -0.2) is 0 Å². The summed E-state index contributed by atoms with van der Waals surface area (Å²) in [6.07, 6.45) is 1.09. The number of nitrogens with one attached hydrogen (secondary N) is 1. The van der Waals surface area contributed by atoms with Crippen LogP contribution in [0.5, 0.6) is 5.75 Å². The van der Waals surface area contributed by atoms with E-state index in [9.17, 15) is 5.11 Å². The van der Waals surface area contributed by atoms with E-state index >= 15 is 0 Å². The van der Waals surface area contributed by atoms with Crippen LogP contribution < -0.4 is 10.1 Å². The Morgan fingerprint density at radius 2 is 2.29 bits per heavy atom. The molecule has 1 aliphatic rings. The average molecular weight is 300 g/mol. The average Bonchev–Trinajstić information content (AvgIpc) is 2.57. The first-order valence-corrected chi connectivity index (χ1v) is 6.61.